The molecule has 0 aliphatic rings. The van der Waals surface area contributed by atoms with E-state index in [-0.39, 0.29) is 5.75 Å². The van der Waals surface area contributed by atoms with E-state index in [4.69, 9.17) is 22.1 Å². The summed E-state index contributed by atoms with van der Waals surface area (Å²) in [5.74, 6) is -0.151. The molecule has 0 amide bonds. The average Bonchev–Trinajstić information content (AvgIpc) is 2.68. The van der Waals surface area contributed by atoms with E-state index in [1.54, 1.807) is 0 Å². The predicted octanol–water partition coefficient (Wildman–Crippen LogP) is -0.532. The van der Waals surface area contributed by atoms with Gasteiger partial charge in [0, 0.05) is 0 Å². The second kappa shape index (κ2) is 8.32. The molecule has 0 saturated heterocycles. The van der Waals surface area contributed by atoms with Gasteiger partial charge in [-0.25, -0.2) is 17.6 Å². The Bertz CT molecular complexity index is 584. The Balaban J connectivity index is 0.000000621. The minimum Gasteiger partial charge on any atom is -0.726 e. The molecule has 2 N–H and O–H groups in total. The van der Waals surface area contributed by atoms with Crippen molar-refractivity contribution in [2.45, 2.75) is 32.9 Å². The maximum Gasteiger partial charge on any atom is 0.264 e. The Morgan fingerprint density at radius 1 is 1.20 bits per heavy atom. The fourth-order valence-corrected chi connectivity index (χ4v) is 1.91. The molecule has 0 fully saturated rings. The van der Waals surface area contributed by atoms with Gasteiger partial charge in [-0.3, -0.25) is 9.11 Å². The summed E-state index contributed by atoms with van der Waals surface area (Å²) in [6, 6.07) is 0. The zero-order valence-electron chi connectivity index (χ0n) is 10.9. The third-order valence-corrected chi connectivity index (χ3v) is 2.98. The monoisotopic (exact) mass is 330 g/mol. The van der Waals surface area contributed by atoms with Crippen LogP contribution in [0.1, 0.15) is 19.8 Å². The van der Waals surface area contributed by atoms with Gasteiger partial charge in [0.25, 0.3) is 10.1 Å². The molecule has 118 valence electrons. The van der Waals surface area contributed by atoms with Gasteiger partial charge in [-0.15, -0.1) is 0 Å². The Morgan fingerprint density at radius 3 is 2.15 bits per heavy atom. The lowest BCUT2D eigenvalue weighted by molar-refractivity contribution is -0.696. The Kier molecular flexibility index (Phi) is 7.90. The Morgan fingerprint density at radius 2 is 1.75 bits per heavy atom. The molecule has 0 aliphatic heterocycles. The first-order chi connectivity index (χ1) is 9.01. The summed E-state index contributed by atoms with van der Waals surface area (Å²) >= 11 is 0. The normalized spacial score (nSPS) is 11.8. The van der Waals surface area contributed by atoms with Crippen LogP contribution in [0.4, 0.5) is 0 Å². The highest BCUT2D eigenvalue weighted by molar-refractivity contribution is 7.85. The first-order valence-electron chi connectivity index (χ1n) is 5.69. The molecule has 9 nitrogen and oxygen atoms in total. The lowest BCUT2D eigenvalue weighted by Gasteiger charge is -1.96. The fourth-order valence-electron chi connectivity index (χ4n) is 1.34. The molecule has 0 atom stereocenters. The first-order valence-corrected chi connectivity index (χ1v) is 8.67. The number of hydrogen-bond acceptors (Lipinski definition) is 5. The minimum absolute atomic E-state index is 0.151. The van der Waals surface area contributed by atoms with Crippen molar-refractivity contribution < 1.29 is 35.1 Å². The number of aryl methyl sites for hydroxylation is 2. The number of imidazole rings is 1. The van der Waals surface area contributed by atoms with E-state index >= 15 is 0 Å². The highest BCUT2D eigenvalue weighted by atomic mass is 32.3. The second-order valence-electron chi connectivity index (χ2n) is 3.90. The van der Waals surface area contributed by atoms with Crippen molar-refractivity contribution in [3.8, 4) is 0 Å². The van der Waals surface area contributed by atoms with Crippen LogP contribution in [-0.4, -0.2) is 40.8 Å². The van der Waals surface area contributed by atoms with Gasteiger partial charge < -0.3 is 4.55 Å². The summed E-state index contributed by atoms with van der Waals surface area (Å²) in [4.78, 5) is 0. The molecule has 0 radical (unpaired) electrons. The van der Waals surface area contributed by atoms with Gasteiger partial charge in [0.05, 0.1) is 18.8 Å². The van der Waals surface area contributed by atoms with Gasteiger partial charge in [0.1, 0.15) is 12.4 Å². The summed E-state index contributed by atoms with van der Waals surface area (Å²) in [6.07, 6.45) is 7.15. The second-order valence-corrected chi connectivity index (χ2v) is 6.33. The summed E-state index contributed by atoms with van der Waals surface area (Å²) < 4.78 is 66.3. The zero-order valence-corrected chi connectivity index (χ0v) is 12.5. The summed E-state index contributed by atoms with van der Waals surface area (Å²) in [6.45, 7) is 3.77. The molecule has 11 heteroatoms. The third kappa shape index (κ3) is 13.4. The maximum atomic E-state index is 10.4. The van der Waals surface area contributed by atoms with Gasteiger partial charge in [-0.1, -0.05) is 0 Å². The SMILES string of the molecule is CCn1cc[n+](CCCCS(=O)(=O)O)c1.O=S(=O)([O-])O. The van der Waals surface area contributed by atoms with Gasteiger partial charge >= 0.3 is 0 Å². The van der Waals surface area contributed by atoms with Gasteiger partial charge in [0.2, 0.25) is 16.7 Å². The van der Waals surface area contributed by atoms with Crippen LogP contribution in [0.5, 0.6) is 0 Å². The number of aromatic nitrogens is 2. The van der Waals surface area contributed by atoms with Crippen molar-refractivity contribution in [1.29, 1.82) is 0 Å². The van der Waals surface area contributed by atoms with Crippen LogP contribution in [-0.2, 0) is 33.6 Å². The molecule has 0 aliphatic carbocycles. The van der Waals surface area contributed by atoms with Gasteiger partial charge in [-0.2, -0.15) is 8.42 Å². The van der Waals surface area contributed by atoms with E-state index in [1.165, 1.54) is 0 Å². The van der Waals surface area contributed by atoms with E-state index in [1.807, 2.05) is 27.9 Å². The molecule has 0 aromatic carbocycles. The van der Waals surface area contributed by atoms with E-state index < -0.39 is 20.5 Å². The highest BCUT2D eigenvalue weighted by Crippen LogP contribution is 1.94. The average molecular weight is 330 g/mol. The minimum atomic E-state index is -4.92. The van der Waals surface area contributed by atoms with Crippen molar-refractivity contribution in [2.24, 2.45) is 0 Å². The van der Waals surface area contributed by atoms with Crippen LogP contribution in [0, 0.1) is 0 Å². The van der Waals surface area contributed by atoms with Crippen LogP contribution in [0.25, 0.3) is 0 Å². The maximum absolute atomic E-state index is 10.4. The van der Waals surface area contributed by atoms with Gasteiger partial charge in [-0.05, 0) is 19.8 Å². The smallest absolute Gasteiger partial charge is 0.264 e. The molecule has 0 saturated carbocycles. The molecule has 1 aromatic heterocycles. The molecule has 1 rings (SSSR count). The summed E-state index contributed by atoms with van der Waals surface area (Å²) in [7, 11) is -8.71. The van der Waals surface area contributed by atoms with Crippen molar-refractivity contribution >= 4 is 20.5 Å². The molecule has 1 aromatic rings. The van der Waals surface area contributed by atoms with E-state index in [9.17, 15) is 8.42 Å². The van der Waals surface area contributed by atoms with E-state index in [0.717, 1.165) is 19.5 Å². The zero-order chi connectivity index (χ0) is 15.8. The van der Waals surface area contributed by atoms with Crippen LogP contribution in [0.2, 0.25) is 0 Å². The highest BCUT2D eigenvalue weighted by Gasteiger charge is 2.05. The Hall–Kier alpha value is -1.01. The molecular formula is C9H18N2O7S2. The van der Waals surface area contributed by atoms with E-state index in [0.29, 0.717) is 6.42 Å². The summed E-state index contributed by atoms with van der Waals surface area (Å²) in [5.41, 5.74) is 0. The predicted molar refractivity (Wildman–Crippen MR) is 68.3 cm³/mol. The molecular weight excluding hydrogens is 312 g/mol. The number of nitrogens with zero attached hydrogens (tertiary/aromatic N) is 2. The first kappa shape index (κ1) is 19.0. The lowest BCUT2D eigenvalue weighted by atomic mass is 10.3. The van der Waals surface area contributed by atoms with Crippen LogP contribution >= 0.6 is 0 Å². The van der Waals surface area contributed by atoms with Crippen molar-refractivity contribution in [1.82, 2.24) is 4.57 Å². The molecule has 0 bridgehead atoms. The van der Waals surface area contributed by atoms with Crippen molar-refractivity contribution in [2.75, 3.05) is 5.75 Å². The lowest BCUT2D eigenvalue weighted by Crippen LogP contribution is -2.31. The quantitative estimate of drug-likeness (QED) is 0.309. The number of unbranched alkanes of at least 4 members (excludes halogenated alkanes) is 1. The number of hydrogen-bond donors (Lipinski definition) is 2. The number of rotatable bonds is 6. The standard InChI is InChI=1S/C9H16N2O3S.H2O4S/c1-2-10-6-7-11(9-10)5-3-4-8-15(12,13)14;1-5(2,3)4/h6-7,9H,2-5,8H2,1H3;(H2,1,2,3,4). The largest absolute Gasteiger partial charge is 0.726 e. The van der Waals surface area contributed by atoms with Crippen molar-refractivity contribution in [3.63, 3.8) is 0 Å². The van der Waals surface area contributed by atoms with Crippen LogP contribution in [0.3, 0.4) is 0 Å². The Labute approximate surface area is 118 Å². The van der Waals surface area contributed by atoms with Crippen LogP contribution < -0.4 is 4.57 Å². The topological polar surface area (TPSA) is 141 Å². The molecule has 20 heavy (non-hydrogen) atoms. The molecule has 0 unspecified atom stereocenters. The molecule has 0 spiro atoms. The fraction of sp³-hybridized carbons (Fsp3) is 0.667. The van der Waals surface area contributed by atoms with Crippen molar-refractivity contribution in [3.05, 3.63) is 18.7 Å². The molecule has 1 heterocycles. The summed E-state index contributed by atoms with van der Waals surface area (Å²) in [5, 5.41) is 0. The van der Waals surface area contributed by atoms with E-state index in [2.05, 4.69) is 6.92 Å². The van der Waals surface area contributed by atoms with Gasteiger partial charge in [0.15, 0.2) is 0 Å². The third-order valence-electron chi connectivity index (χ3n) is 2.18. The van der Waals surface area contributed by atoms with Crippen LogP contribution in [0.15, 0.2) is 18.7 Å².